The molecule has 0 aromatic heterocycles. The number of terminal acetylenes is 1. The fourth-order valence-electron chi connectivity index (χ4n) is 0. The van der Waals surface area contributed by atoms with Crippen molar-refractivity contribution in [2.75, 3.05) is 0 Å². The third kappa shape index (κ3) is 7.04. The van der Waals surface area contributed by atoms with Crippen LogP contribution in [0.4, 0.5) is 13.2 Å². The Morgan fingerprint density at radius 3 is 1.67 bits per heavy atom. The van der Waals surface area contributed by atoms with Gasteiger partial charge in [0.15, 0.2) is 10.1 Å². The molecule has 0 amide bonds. The number of halogens is 3. The molecule has 0 spiro atoms. The van der Waals surface area contributed by atoms with Gasteiger partial charge in [0.2, 0.25) is 6.21 Å². The van der Waals surface area contributed by atoms with Gasteiger partial charge in [-0.15, -0.1) is 6.42 Å². The van der Waals surface area contributed by atoms with Crippen LogP contribution < -0.4 is 5.41 Å². The summed E-state index contributed by atoms with van der Waals surface area (Å²) >= 11 is 0. The summed E-state index contributed by atoms with van der Waals surface area (Å²) in [6, 6.07) is 0. The van der Waals surface area contributed by atoms with E-state index in [4.69, 9.17) is 13.0 Å². The minimum absolute atomic E-state index is 1.15. The predicted octanol–water partition coefficient (Wildman–Crippen LogP) is -1.50. The Morgan fingerprint density at radius 2 is 1.67 bits per heavy atom. The molecule has 0 saturated carbocycles. The second-order valence-electron chi connectivity index (χ2n) is 1.23. The molecule has 4 nitrogen and oxygen atoms in total. The first-order valence-electron chi connectivity index (χ1n) is 2.18. The molecular formula is C4H4F3NO3S. The van der Waals surface area contributed by atoms with Gasteiger partial charge >= 0.3 is 5.51 Å². The molecule has 0 aliphatic rings. The number of nitrogens with two attached hydrogens (primary N) is 1. The average molecular weight is 203 g/mol. The highest BCUT2D eigenvalue weighted by Crippen LogP contribution is 2.20. The van der Waals surface area contributed by atoms with Crippen LogP contribution in [0.3, 0.4) is 0 Å². The molecule has 0 heterocycles. The molecule has 2 N–H and O–H groups in total. The van der Waals surface area contributed by atoms with Crippen LogP contribution >= 0.6 is 0 Å². The van der Waals surface area contributed by atoms with Crippen molar-refractivity contribution in [2.45, 2.75) is 5.51 Å². The second-order valence-corrected chi connectivity index (χ2v) is 2.60. The van der Waals surface area contributed by atoms with Crippen LogP contribution in [0, 0.1) is 12.3 Å². The molecule has 0 rings (SSSR count). The number of rotatable bonds is 0. The van der Waals surface area contributed by atoms with Crippen LogP contribution in [0.15, 0.2) is 0 Å². The molecule has 0 aromatic rings. The topological polar surface area (TPSA) is 82.8 Å². The molecule has 12 heavy (non-hydrogen) atoms. The van der Waals surface area contributed by atoms with Crippen LogP contribution in [-0.4, -0.2) is 24.7 Å². The monoisotopic (exact) mass is 203 g/mol. The molecule has 0 aliphatic heterocycles. The van der Waals surface area contributed by atoms with Crippen molar-refractivity contribution in [3.05, 3.63) is 0 Å². The van der Waals surface area contributed by atoms with E-state index in [2.05, 4.69) is 17.8 Å². The molecule has 0 radical (unpaired) electrons. The van der Waals surface area contributed by atoms with E-state index in [1.807, 2.05) is 0 Å². The standard InChI is InChI=1S/C3H3N.CHF3O3S/c1-2-3-4;2-1(3,4)8(5,6)7/h1,3-4H;(H,5,6,7). The second kappa shape index (κ2) is 4.74. The molecule has 0 saturated heterocycles. The lowest BCUT2D eigenvalue weighted by Gasteiger charge is -2.08. The van der Waals surface area contributed by atoms with Crippen molar-refractivity contribution in [3.8, 4) is 12.3 Å². The molecule has 8 heteroatoms. The lowest BCUT2D eigenvalue weighted by Crippen LogP contribution is -2.28. The Bertz CT molecular complexity index is 273. The summed E-state index contributed by atoms with van der Waals surface area (Å²) in [5.74, 6) is 2.08. The molecule has 0 aliphatic carbocycles. The van der Waals surface area contributed by atoms with E-state index in [1.165, 1.54) is 0 Å². The highest BCUT2D eigenvalue weighted by atomic mass is 32.2. The fourth-order valence-corrected chi connectivity index (χ4v) is 0. The molecule has 0 fully saturated rings. The number of hydrogen-bond donors (Lipinski definition) is 1. The van der Waals surface area contributed by atoms with Crippen LogP contribution in [0.1, 0.15) is 0 Å². The third-order valence-corrected chi connectivity index (χ3v) is 0.947. The zero-order chi connectivity index (χ0) is 10.4. The maximum Gasteiger partial charge on any atom is 0.485 e. The van der Waals surface area contributed by atoms with Gasteiger partial charge in [0.25, 0.3) is 0 Å². The minimum Gasteiger partial charge on any atom is -0.741 e. The van der Waals surface area contributed by atoms with Gasteiger partial charge in [0.1, 0.15) is 0 Å². The van der Waals surface area contributed by atoms with Crippen molar-refractivity contribution >= 4 is 16.3 Å². The average Bonchev–Trinajstić information content (AvgIpc) is 1.84. The highest BCUT2D eigenvalue weighted by Gasteiger charge is 2.36. The third-order valence-electron chi connectivity index (χ3n) is 0.380. The van der Waals surface area contributed by atoms with Crippen LogP contribution in [-0.2, 0) is 10.1 Å². The maximum absolute atomic E-state index is 10.7. The normalized spacial score (nSPS) is 10.6. The van der Waals surface area contributed by atoms with Gasteiger partial charge in [-0.2, -0.15) is 13.2 Å². The highest BCUT2D eigenvalue weighted by molar-refractivity contribution is 7.86. The van der Waals surface area contributed by atoms with E-state index in [0.29, 0.717) is 0 Å². The quantitative estimate of drug-likeness (QED) is 0.225. The van der Waals surface area contributed by atoms with Gasteiger partial charge in [-0.3, -0.25) is 5.41 Å². The number of alkyl halides is 3. The molecule has 0 atom stereocenters. The zero-order valence-electron chi connectivity index (χ0n) is 5.50. The molecule has 0 bridgehead atoms. The van der Waals surface area contributed by atoms with Crippen molar-refractivity contribution < 1.29 is 31.6 Å². The fraction of sp³-hybridized carbons (Fsp3) is 0.250. The van der Waals surface area contributed by atoms with Gasteiger partial charge in [-0.1, -0.05) is 0 Å². The lowest BCUT2D eigenvalue weighted by molar-refractivity contribution is -0.103. The van der Waals surface area contributed by atoms with Crippen molar-refractivity contribution in [2.24, 2.45) is 0 Å². The SMILES string of the molecule is C#CC=[NH2+].O=S(=O)([O-])C(F)(F)F. The van der Waals surface area contributed by atoms with Crippen molar-refractivity contribution in [1.82, 2.24) is 0 Å². The van der Waals surface area contributed by atoms with Gasteiger partial charge in [0, 0.05) is 0 Å². The Hall–Kier alpha value is -1.07. The minimum atomic E-state index is -6.09. The summed E-state index contributed by atoms with van der Waals surface area (Å²) in [6.45, 7) is 0. The molecule has 70 valence electrons. The maximum atomic E-state index is 10.7. The van der Waals surface area contributed by atoms with E-state index < -0.39 is 15.6 Å². The van der Waals surface area contributed by atoms with Crippen LogP contribution in [0.5, 0.6) is 0 Å². The largest absolute Gasteiger partial charge is 0.741 e. The number of hydrogen-bond acceptors (Lipinski definition) is 3. The summed E-state index contributed by atoms with van der Waals surface area (Å²) in [5.41, 5.74) is -5.65. The lowest BCUT2D eigenvalue weighted by atomic mass is 10.8. The van der Waals surface area contributed by atoms with Gasteiger partial charge in [-0.25, -0.2) is 8.42 Å². The van der Waals surface area contributed by atoms with Gasteiger partial charge in [0.05, 0.1) is 0 Å². The van der Waals surface area contributed by atoms with Crippen LogP contribution in [0.2, 0.25) is 0 Å². The van der Waals surface area contributed by atoms with Crippen molar-refractivity contribution in [1.29, 1.82) is 0 Å². The van der Waals surface area contributed by atoms with Crippen molar-refractivity contribution in [3.63, 3.8) is 0 Å². The first kappa shape index (κ1) is 13.5. The first-order chi connectivity index (χ1) is 5.16. The van der Waals surface area contributed by atoms with E-state index in [0.717, 1.165) is 6.21 Å². The Morgan fingerprint density at radius 1 is 1.50 bits per heavy atom. The summed E-state index contributed by atoms with van der Waals surface area (Å²) in [5, 5.41) is 4.67. The summed E-state index contributed by atoms with van der Waals surface area (Å²) in [7, 11) is -6.09. The van der Waals surface area contributed by atoms with Gasteiger partial charge < -0.3 is 4.55 Å². The predicted molar refractivity (Wildman–Crippen MR) is 32.6 cm³/mol. The zero-order valence-corrected chi connectivity index (χ0v) is 6.32. The molecule has 0 unspecified atom stereocenters. The Labute approximate surface area is 66.6 Å². The Balaban J connectivity index is 0. The van der Waals surface area contributed by atoms with Crippen LogP contribution in [0.25, 0.3) is 0 Å². The van der Waals surface area contributed by atoms with E-state index in [9.17, 15) is 13.2 Å². The first-order valence-corrected chi connectivity index (χ1v) is 3.59. The van der Waals surface area contributed by atoms with E-state index >= 15 is 0 Å². The summed E-state index contributed by atoms with van der Waals surface area (Å²) < 4.78 is 58.9. The molecule has 0 aromatic carbocycles. The summed E-state index contributed by atoms with van der Waals surface area (Å²) in [4.78, 5) is 0. The summed E-state index contributed by atoms with van der Waals surface area (Å²) in [6.07, 6.45) is 5.75. The molecular weight excluding hydrogens is 199 g/mol. The van der Waals surface area contributed by atoms with Gasteiger partial charge in [-0.05, 0) is 5.92 Å². The smallest absolute Gasteiger partial charge is 0.485 e. The van der Waals surface area contributed by atoms with E-state index in [-0.39, 0.29) is 0 Å². The Kier molecular flexibility index (Phi) is 5.33. The van der Waals surface area contributed by atoms with E-state index in [1.54, 1.807) is 0 Å².